The lowest BCUT2D eigenvalue weighted by Gasteiger charge is -2.39. The molecule has 2 N–H and O–H groups in total. The summed E-state index contributed by atoms with van der Waals surface area (Å²) >= 11 is 0. The molecular weight excluding hydrogens is 196 g/mol. The molecule has 0 bridgehead atoms. The Kier molecular flexibility index (Phi) is 3.33. The highest BCUT2D eigenvalue weighted by atomic mass is 15.2. The number of nitrogens with zero attached hydrogens (tertiary/aromatic N) is 1. The molecule has 0 aromatic heterocycles. The first-order chi connectivity index (χ1) is 7.51. The van der Waals surface area contributed by atoms with Crippen LogP contribution < -0.4 is 5.73 Å². The van der Waals surface area contributed by atoms with E-state index < -0.39 is 0 Å². The highest BCUT2D eigenvalue weighted by molar-refractivity contribution is 5.03. The van der Waals surface area contributed by atoms with Gasteiger partial charge >= 0.3 is 0 Å². The molecule has 2 aliphatic rings. The van der Waals surface area contributed by atoms with E-state index in [1.54, 1.807) is 0 Å². The summed E-state index contributed by atoms with van der Waals surface area (Å²) in [7, 11) is 0. The van der Waals surface area contributed by atoms with Crippen LogP contribution in [0, 0.1) is 11.3 Å². The third kappa shape index (κ3) is 2.14. The molecule has 0 amide bonds. The van der Waals surface area contributed by atoms with Crippen LogP contribution >= 0.6 is 0 Å². The third-order valence-electron chi connectivity index (χ3n) is 4.99. The van der Waals surface area contributed by atoms with Crippen LogP contribution in [0.2, 0.25) is 0 Å². The Labute approximate surface area is 101 Å². The molecule has 0 aromatic rings. The molecular formula is C14H28N2. The highest BCUT2D eigenvalue weighted by Crippen LogP contribution is 2.47. The molecule has 1 saturated carbocycles. The zero-order valence-corrected chi connectivity index (χ0v) is 11.3. The van der Waals surface area contributed by atoms with Crippen molar-refractivity contribution in [3.63, 3.8) is 0 Å². The van der Waals surface area contributed by atoms with Crippen molar-refractivity contribution in [3.8, 4) is 0 Å². The zero-order valence-electron chi connectivity index (χ0n) is 11.3. The van der Waals surface area contributed by atoms with Crippen molar-refractivity contribution >= 4 is 0 Å². The van der Waals surface area contributed by atoms with E-state index in [9.17, 15) is 0 Å². The van der Waals surface area contributed by atoms with Crippen LogP contribution in [-0.4, -0.2) is 30.1 Å². The molecule has 2 fully saturated rings. The number of likely N-dealkylation sites (tertiary alicyclic amines) is 1. The number of hydrogen-bond acceptors (Lipinski definition) is 2. The van der Waals surface area contributed by atoms with E-state index in [-0.39, 0.29) is 0 Å². The van der Waals surface area contributed by atoms with Crippen molar-refractivity contribution in [1.82, 2.24) is 4.90 Å². The second kappa shape index (κ2) is 4.30. The topological polar surface area (TPSA) is 29.3 Å². The molecule has 2 heteroatoms. The molecule has 16 heavy (non-hydrogen) atoms. The van der Waals surface area contributed by atoms with Gasteiger partial charge in [0.25, 0.3) is 0 Å². The average Bonchev–Trinajstić information content (AvgIpc) is 2.83. The van der Waals surface area contributed by atoms with Crippen LogP contribution in [0.1, 0.15) is 52.9 Å². The van der Waals surface area contributed by atoms with Crippen LogP contribution in [-0.2, 0) is 0 Å². The summed E-state index contributed by atoms with van der Waals surface area (Å²) in [5.41, 5.74) is 6.96. The molecule has 0 radical (unpaired) electrons. The predicted molar refractivity (Wildman–Crippen MR) is 69.4 cm³/mol. The molecule has 1 heterocycles. The Morgan fingerprint density at radius 2 is 2.06 bits per heavy atom. The summed E-state index contributed by atoms with van der Waals surface area (Å²) < 4.78 is 0. The van der Waals surface area contributed by atoms with Crippen LogP contribution in [0.5, 0.6) is 0 Å². The number of nitrogens with two attached hydrogens (primary N) is 1. The minimum Gasteiger partial charge on any atom is -0.329 e. The molecule has 94 valence electrons. The Balaban J connectivity index is 2.06. The van der Waals surface area contributed by atoms with Gasteiger partial charge in [0.1, 0.15) is 0 Å². The summed E-state index contributed by atoms with van der Waals surface area (Å²) in [6.07, 6.45) is 6.68. The van der Waals surface area contributed by atoms with Crippen molar-refractivity contribution in [1.29, 1.82) is 0 Å². The summed E-state index contributed by atoms with van der Waals surface area (Å²) in [4.78, 5) is 2.72. The lowest BCUT2D eigenvalue weighted by Crippen LogP contribution is -2.51. The van der Waals surface area contributed by atoms with Gasteiger partial charge in [-0.1, -0.05) is 27.2 Å². The molecule has 0 spiro atoms. The maximum Gasteiger partial charge on any atom is 0.0337 e. The number of hydrogen-bond donors (Lipinski definition) is 1. The standard InChI is InChI=1S/C14H28N2/c1-4-12-5-8-16(9-12)14(11-15)7-6-13(2,3)10-14/h12H,4-11,15H2,1-3H3. The van der Waals surface area contributed by atoms with Gasteiger partial charge in [-0.15, -0.1) is 0 Å². The van der Waals surface area contributed by atoms with Crippen LogP contribution in [0.4, 0.5) is 0 Å². The number of rotatable bonds is 3. The zero-order chi connectivity index (χ0) is 11.8. The fourth-order valence-electron chi connectivity index (χ4n) is 3.81. The fourth-order valence-corrected chi connectivity index (χ4v) is 3.81. The minimum atomic E-state index is 0.341. The third-order valence-corrected chi connectivity index (χ3v) is 4.99. The van der Waals surface area contributed by atoms with E-state index >= 15 is 0 Å². The lowest BCUT2D eigenvalue weighted by atomic mass is 9.87. The average molecular weight is 224 g/mol. The van der Waals surface area contributed by atoms with E-state index in [4.69, 9.17) is 5.73 Å². The van der Waals surface area contributed by atoms with E-state index in [1.807, 2.05) is 0 Å². The van der Waals surface area contributed by atoms with Crippen molar-refractivity contribution < 1.29 is 0 Å². The van der Waals surface area contributed by atoms with Gasteiger partial charge in [-0.25, -0.2) is 0 Å². The van der Waals surface area contributed by atoms with Gasteiger partial charge in [0, 0.05) is 18.6 Å². The molecule has 1 aliphatic carbocycles. The first kappa shape index (κ1) is 12.4. The summed E-state index contributed by atoms with van der Waals surface area (Å²) in [6, 6.07) is 0. The summed E-state index contributed by atoms with van der Waals surface area (Å²) in [6.45, 7) is 10.6. The van der Waals surface area contributed by atoms with Gasteiger partial charge in [-0.3, -0.25) is 4.90 Å². The van der Waals surface area contributed by atoms with Crippen LogP contribution in [0.3, 0.4) is 0 Å². The predicted octanol–water partition coefficient (Wildman–Crippen LogP) is 2.63. The monoisotopic (exact) mass is 224 g/mol. The quantitative estimate of drug-likeness (QED) is 0.798. The molecule has 0 aromatic carbocycles. The van der Waals surface area contributed by atoms with E-state index in [0.717, 1.165) is 12.5 Å². The second-order valence-corrected chi connectivity index (χ2v) is 6.78. The Bertz CT molecular complexity index is 249. The summed E-state index contributed by atoms with van der Waals surface area (Å²) in [5.74, 6) is 0.923. The van der Waals surface area contributed by atoms with Gasteiger partial charge in [0.2, 0.25) is 0 Å². The smallest absolute Gasteiger partial charge is 0.0337 e. The SMILES string of the molecule is CCC1CCN(C2(CN)CCC(C)(C)C2)C1. The lowest BCUT2D eigenvalue weighted by molar-refractivity contribution is 0.112. The molecule has 1 aliphatic heterocycles. The maximum atomic E-state index is 6.11. The normalized spacial score (nSPS) is 39.4. The first-order valence-corrected chi connectivity index (χ1v) is 6.96. The van der Waals surface area contributed by atoms with Crippen molar-refractivity contribution in [2.75, 3.05) is 19.6 Å². The van der Waals surface area contributed by atoms with E-state index in [2.05, 4.69) is 25.7 Å². The molecule has 2 rings (SSSR count). The first-order valence-electron chi connectivity index (χ1n) is 6.96. The van der Waals surface area contributed by atoms with E-state index in [0.29, 0.717) is 11.0 Å². The van der Waals surface area contributed by atoms with Gasteiger partial charge in [-0.05, 0) is 43.6 Å². The van der Waals surface area contributed by atoms with Crippen LogP contribution in [0.25, 0.3) is 0 Å². The van der Waals surface area contributed by atoms with Gasteiger partial charge in [0.15, 0.2) is 0 Å². The molecule has 2 unspecified atom stereocenters. The van der Waals surface area contributed by atoms with Gasteiger partial charge in [0.05, 0.1) is 0 Å². The van der Waals surface area contributed by atoms with Crippen LogP contribution in [0.15, 0.2) is 0 Å². The largest absolute Gasteiger partial charge is 0.329 e. The van der Waals surface area contributed by atoms with Crippen molar-refractivity contribution in [2.45, 2.75) is 58.4 Å². The minimum absolute atomic E-state index is 0.341. The molecule has 2 atom stereocenters. The van der Waals surface area contributed by atoms with Gasteiger partial charge in [-0.2, -0.15) is 0 Å². The molecule has 1 saturated heterocycles. The van der Waals surface area contributed by atoms with E-state index in [1.165, 1.54) is 45.2 Å². The molecule has 2 nitrogen and oxygen atoms in total. The summed E-state index contributed by atoms with van der Waals surface area (Å²) in [5, 5.41) is 0. The second-order valence-electron chi connectivity index (χ2n) is 6.78. The Morgan fingerprint density at radius 3 is 2.50 bits per heavy atom. The fraction of sp³-hybridized carbons (Fsp3) is 1.00. The Hall–Kier alpha value is -0.0800. The maximum absolute atomic E-state index is 6.11. The highest BCUT2D eigenvalue weighted by Gasteiger charge is 2.47. The van der Waals surface area contributed by atoms with Crippen molar-refractivity contribution in [2.24, 2.45) is 17.1 Å². The van der Waals surface area contributed by atoms with Gasteiger partial charge < -0.3 is 5.73 Å². The Morgan fingerprint density at radius 1 is 1.31 bits per heavy atom. The van der Waals surface area contributed by atoms with Crippen molar-refractivity contribution in [3.05, 3.63) is 0 Å².